The number of pyridine rings is 1. The van der Waals surface area contributed by atoms with Gasteiger partial charge in [-0.1, -0.05) is 0 Å². The van der Waals surface area contributed by atoms with Gasteiger partial charge in [-0.05, 0) is 12.1 Å². The van der Waals surface area contributed by atoms with Gasteiger partial charge in [-0.2, -0.15) is 0 Å². The van der Waals surface area contributed by atoms with Crippen LogP contribution in [0.25, 0.3) is 0 Å². The summed E-state index contributed by atoms with van der Waals surface area (Å²) in [7, 11) is 1.58. The topological polar surface area (TPSA) is 89.3 Å². The SMILES string of the molecule is COc1ccc(NCCNC(N)=O)nc1. The third-order valence-corrected chi connectivity index (χ3v) is 1.70. The van der Waals surface area contributed by atoms with Gasteiger partial charge in [0.15, 0.2) is 0 Å². The third-order valence-electron chi connectivity index (χ3n) is 1.70. The highest BCUT2D eigenvalue weighted by Crippen LogP contribution is 2.10. The molecule has 0 unspecified atom stereocenters. The van der Waals surface area contributed by atoms with Crippen molar-refractivity contribution < 1.29 is 9.53 Å². The second-order valence-corrected chi connectivity index (χ2v) is 2.80. The van der Waals surface area contributed by atoms with E-state index in [4.69, 9.17) is 10.5 Å². The number of urea groups is 1. The largest absolute Gasteiger partial charge is 0.495 e. The Morgan fingerprint density at radius 3 is 2.87 bits per heavy atom. The number of rotatable bonds is 5. The van der Waals surface area contributed by atoms with Gasteiger partial charge in [-0.3, -0.25) is 0 Å². The summed E-state index contributed by atoms with van der Waals surface area (Å²) in [5.41, 5.74) is 4.90. The summed E-state index contributed by atoms with van der Waals surface area (Å²) in [6.45, 7) is 1.03. The number of carbonyl (C=O) groups excluding carboxylic acids is 1. The van der Waals surface area contributed by atoms with E-state index in [0.29, 0.717) is 18.8 Å². The predicted octanol–water partition coefficient (Wildman–Crippen LogP) is 0.170. The van der Waals surface area contributed by atoms with Crippen molar-refractivity contribution in [2.24, 2.45) is 5.73 Å². The predicted molar refractivity (Wildman–Crippen MR) is 56.9 cm³/mol. The van der Waals surface area contributed by atoms with Crippen molar-refractivity contribution in [1.82, 2.24) is 10.3 Å². The van der Waals surface area contributed by atoms with Crippen LogP contribution in [0.5, 0.6) is 5.75 Å². The van der Waals surface area contributed by atoms with E-state index in [0.717, 1.165) is 5.82 Å². The maximum Gasteiger partial charge on any atom is 0.312 e. The van der Waals surface area contributed by atoms with Crippen molar-refractivity contribution in [3.63, 3.8) is 0 Å². The second-order valence-electron chi connectivity index (χ2n) is 2.80. The van der Waals surface area contributed by atoms with E-state index in [2.05, 4.69) is 15.6 Å². The number of nitrogens with zero attached hydrogens (tertiary/aromatic N) is 1. The van der Waals surface area contributed by atoms with Gasteiger partial charge < -0.3 is 21.1 Å². The van der Waals surface area contributed by atoms with Crippen LogP contribution < -0.4 is 21.1 Å². The summed E-state index contributed by atoms with van der Waals surface area (Å²) < 4.78 is 4.96. The minimum absolute atomic E-state index is 0.461. The number of anilines is 1. The number of amides is 2. The third kappa shape index (κ3) is 4.17. The number of nitrogens with two attached hydrogens (primary N) is 1. The molecule has 6 heteroatoms. The minimum atomic E-state index is -0.528. The summed E-state index contributed by atoms with van der Waals surface area (Å²) in [6, 6.07) is 3.07. The fourth-order valence-corrected chi connectivity index (χ4v) is 0.982. The maximum absolute atomic E-state index is 10.3. The van der Waals surface area contributed by atoms with Crippen LogP contribution in [-0.4, -0.2) is 31.2 Å². The van der Waals surface area contributed by atoms with Gasteiger partial charge in [-0.25, -0.2) is 9.78 Å². The van der Waals surface area contributed by atoms with E-state index in [1.807, 2.05) is 0 Å². The molecule has 0 radical (unpaired) electrons. The molecule has 82 valence electrons. The molecule has 0 atom stereocenters. The Bertz CT molecular complexity index is 312. The molecule has 0 aromatic carbocycles. The highest BCUT2D eigenvalue weighted by molar-refractivity contribution is 5.71. The van der Waals surface area contributed by atoms with Crippen LogP contribution in [0.1, 0.15) is 0 Å². The lowest BCUT2D eigenvalue weighted by Gasteiger charge is -2.06. The van der Waals surface area contributed by atoms with Gasteiger partial charge >= 0.3 is 6.03 Å². The van der Waals surface area contributed by atoms with Crippen LogP contribution >= 0.6 is 0 Å². The number of methoxy groups -OCH3 is 1. The van der Waals surface area contributed by atoms with Crippen molar-refractivity contribution in [2.45, 2.75) is 0 Å². The minimum Gasteiger partial charge on any atom is -0.495 e. The van der Waals surface area contributed by atoms with E-state index < -0.39 is 6.03 Å². The maximum atomic E-state index is 10.3. The number of ether oxygens (including phenoxy) is 1. The fourth-order valence-electron chi connectivity index (χ4n) is 0.982. The molecule has 0 saturated carbocycles. The van der Waals surface area contributed by atoms with E-state index in [1.54, 1.807) is 25.4 Å². The number of aromatic nitrogens is 1. The molecular formula is C9H14N4O2. The highest BCUT2D eigenvalue weighted by Gasteiger charge is 1.95. The van der Waals surface area contributed by atoms with E-state index in [1.165, 1.54) is 0 Å². The molecule has 0 bridgehead atoms. The van der Waals surface area contributed by atoms with Crippen LogP contribution in [0, 0.1) is 0 Å². The molecule has 1 aromatic heterocycles. The van der Waals surface area contributed by atoms with Crippen LogP contribution in [0.15, 0.2) is 18.3 Å². The van der Waals surface area contributed by atoms with Crippen LogP contribution in [0.3, 0.4) is 0 Å². The number of carbonyl (C=O) groups is 1. The van der Waals surface area contributed by atoms with Gasteiger partial charge in [0.1, 0.15) is 11.6 Å². The molecule has 15 heavy (non-hydrogen) atoms. The summed E-state index contributed by atoms with van der Waals surface area (Å²) in [5, 5.41) is 5.48. The van der Waals surface area contributed by atoms with Gasteiger partial charge in [0.05, 0.1) is 13.3 Å². The van der Waals surface area contributed by atoms with Crippen molar-refractivity contribution in [2.75, 3.05) is 25.5 Å². The number of hydrogen-bond donors (Lipinski definition) is 3. The molecule has 6 nitrogen and oxygen atoms in total. The summed E-state index contributed by atoms with van der Waals surface area (Å²) in [4.78, 5) is 14.4. The van der Waals surface area contributed by atoms with E-state index in [9.17, 15) is 4.79 Å². The summed E-state index contributed by atoms with van der Waals surface area (Å²) in [6.07, 6.45) is 1.61. The fraction of sp³-hybridized carbons (Fsp3) is 0.333. The van der Waals surface area contributed by atoms with E-state index in [-0.39, 0.29) is 0 Å². The Morgan fingerprint density at radius 2 is 2.33 bits per heavy atom. The quantitative estimate of drug-likeness (QED) is 0.604. The molecule has 0 fully saturated rings. The number of hydrogen-bond acceptors (Lipinski definition) is 4. The Kier molecular flexibility index (Phi) is 4.21. The zero-order valence-corrected chi connectivity index (χ0v) is 8.49. The van der Waals surface area contributed by atoms with E-state index >= 15 is 0 Å². The standard InChI is InChI=1S/C9H14N4O2/c1-15-7-2-3-8(13-6-7)11-4-5-12-9(10)14/h2-3,6H,4-5H2,1H3,(H,11,13)(H3,10,12,14). The molecule has 0 aliphatic carbocycles. The molecular weight excluding hydrogens is 196 g/mol. The molecule has 1 aromatic rings. The lowest BCUT2D eigenvalue weighted by Crippen LogP contribution is -2.33. The lowest BCUT2D eigenvalue weighted by molar-refractivity contribution is 0.249. The molecule has 1 rings (SSSR count). The molecule has 0 saturated heterocycles. The Labute approximate surface area is 87.8 Å². The van der Waals surface area contributed by atoms with Gasteiger partial charge in [0.2, 0.25) is 0 Å². The van der Waals surface area contributed by atoms with Crippen LogP contribution in [0.2, 0.25) is 0 Å². The Balaban J connectivity index is 2.28. The highest BCUT2D eigenvalue weighted by atomic mass is 16.5. The molecule has 0 aliphatic rings. The lowest BCUT2D eigenvalue weighted by atomic mass is 10.4. The molecule has 0 spiro atoms. The number of primary amides is 1. The average Bonchev–Trinajstić information content (AvgIpc) is 2.25. The van der Waals surface area contributed by atoms with Gasteiger partial charge in [0.25, 0.3) is 0 Å². The Morgan fingerprint density at radius 1 is 1.53 bits per heavy atom. The molecule has 2 amide bonds. The Hall–Kier alpha value is -1.98. The van der Waals surface area contributed by atoms with Gasteiger partial charge in [0, 0.05) is 13.1 Å². The monoisotopic (exact) mass is 210 g/mol. The van der Waals surface area contributed by atoms with Gasteiger partial charge in [-0.15, -0.1) is 0 Å². The normalized spacial score (nSPS) is 9.40. The second kappa shape index (κ2) is 5.69. The number of nitrogens with one attached hydrogen (secondary N) is 2. The first-order valence-electron chi connectivity index (χ1n) is 4.49. The smallest absolute Gasteiger partial charge is 0.312 e. The first-order chi connectivity index (χ1) is 7.22. The zero-order valence-electron chi connectivity index (χ0n) is 8.49. The van der Waals surface area contributed by atoms with Crippen molar-refractivity contribution in [1.29, 1.82) is 0 Å². The van der Waals surface area contributed by atoms with Crippen molar-refractivity contribution >= 4 is 11.8 Å². The average molecular weight is 210 g/mol. The van der Waals surface area contributed by atoms with Crippen molar-refractivity contribution in [3.05, 3.63) is 18.3 Å². The first kappa shape index (κ1) is 11.1. The molecule has 4 N–H and O–H groups in total. The summed E-state index contributed by atoms with van der Waals surface area (Å²) in [5.74, 6) is 1.43. The summed E-state index contributed by atoms with van der Waals surface area (Å²) >= 11 is 0. The van der Waals surface area contributed by atoms with Crippen molar-refractivity contribution in [3.8, 4) is 5.75 Å². The van der Waals surface area contributed by atoms with Crippen LogP contribution in [-0.2, 0) is 0 Å². The zero-order chi connectivity index (χ0) is 11.1. The molecule has 1 heterocycles. The first-order valence-corrected chi connectivity index (χ1v) is 4.49. The molecule has 0 aliphatic heterocycles. The van der Waals surface area contributed by atoms with Crippen LogP contribution in [0.4, 0.5) is 10.6 Å².